The van der Waals surface area contributed by atoms with Crippen LogP contribution in [0.3, 0.4) is 0 Å². The highest BCUT2D eigenvalue weighted by Gasteiger charge is 2.20. The van der Waals surface area contributed by atoms with Crippen molar-refractivity contribution >= 4 is 22.8 Å². The highest BCUT2D eigenvalue weighted by atomic mass is 16.6. The van der Waals surface area contributed by atoms with E-state index in [0.717, 1.165) is 19.6 Å². The van der Waals surface area contributed by atoms with Crippen LogP contribution in [-0.4, -0.2) is 72.9 Å². The number of nitro benzene ring substituents is 1. The molecule has 3 N–H and O–H groups in total. The van der Waals surface area contributed by atoms with Gasteiger partial charge in [-0.1, -0.05) is 13.8 Å². The van der Waals surface area contributed by atoms with Crippen molar-refractivity contribution in [2.45, 2.75) is 26.5 Å². The van der Waals surface area contributed by atoms with Gasteiger partial charge in [0.25, 0.3) is 11.2 Å². The van der Waals surface area contributed by atoms with E-state index in [1.54, 1.807) is 0 Å². The first-order chi connectivity index (χ1) is 16.2. The number of anilines is 1. The average Bonchev–Trinajstić information content (AvgIpc) is 3.18. The van der Waals surface area contributed by atoms with Gasteiger partial charge in [0.15, 0.2) is 11.2 Å². The van der Waals surface area contributed by atoms with Crippen molar-refractivity contribution in [3.05, 3.63) is 55.2 Å². The molecule has 0 aliphatic heterocycles. The number of H-pyrrole nitrogens is 1. The quantitative estimate of drug-likeness (QED) is 0.251. The van der Waals surface area contributed by atoms with Crippen molar-refractivity contribution in [3.63, 3.8) is 0 Å². The van der Waals surface area contributed by atoms with E-state index in [1.807, 2.05) is 0 Å². The van der Waals surface area contributed by atoms with Crippen LogP contribution in [0.15, 0.2) is 33.9 Å². The summed E-state index contributed by atoms with van der Waals surface area (Å²) in [5, 5.41) is 24.6. The molecule has 0 radical (unpaired) electrons. The number of likely N-dealkylation sites (N-methyl/N-ethyl adjacent to an activating group) is 1. The second kappa shape index (κ2) is 10.9. The largest absolute Gasteiger partial charge is 0.491 e. The number of nitrogens with zero attached hydrogens (tertiary/aromatic N) is 5. The summed E-state index contributed by atoms with van der Waals surface area (Å²) < 4.78 is 8.31. The van der Waals surface area contributed by atoms with Crippen molar-refractivity contribution < 1.29 is 14.8 Å². The number of ether oxygens (including phenoxy) is 1. The molecule has 0 amide bonds. The summed E-state index contributed by atoms with van der Waals surface area (Å²) in [4.78, 5) is 43.8. The number of fused-ring (bicyclic) bond motifs is 1. The van der Waals surface area contributed by atoms with Crippen LogP contribution in [0.25, 0.3) is 11.2 Å². The molecule has 2 aromatic heterocycles. The lowest BCUT2D eigenvalue weighted by atomic mass is 10.3. The lowest BCUT2D eigenvalue weighted by Gasteiger charge is -2.19. The molecule has 184 valence electrons. The summed E-state index contributed by atoms with van der Waals surface area (Å²) in [6.45, 7) is 7.05. The van der Waals surface area contributed by atoms with Gasteiger partial charge in [-0.3, -0.25) is 24.5 Å². The number of aliphatic hydroxyl groups is 1. The van der Waals surface area contributed by atoms with Gasteiger partial charge >= 0.3 is 5.69 Å². The third-order valence-electron chi connectivity index (χ3n) is 5.50. The van der Waals surface area contributed by atoms with Gasteiger partial charge < -0.3 is 24.6 Å². The Morgan fingerprint density at radius 2 is 1.94 bits per heavy atom. The minimum absolute atomic E-state index is 0.0294. The third-order valence-corrected chi connectivity index (χ3v) is 5.50. The highest BCUT2D eigenvalue weighted by molar-refractivity contribution is 5.74. The maximum atomic E-state index is 12.6. The second-order valence-electron chi connectivity index (χ2n) is 7.71. The Morgan fingerprint density at radius 3 is 2.56 bits per heavy atom. The molecule has 0 saturated carbocycles. The maximum absolute atomic E-state index is 12.6. The van der Waals surface area contributed by atoms with Gasteiger partial charge in [-0.15, -0.1) is 0 Å². The minimum atomic E-state index is -1.03. The van der Waals surface area contributed by atoms with E-state index < -0.39 is 22.3 Å². The van der Waals surface area contributed by atoms with E-state index in [2.05, 4.69) is 34.0 Å². The molecule has 3 aromatic rings. The molecule has 0 bridgehead atoms. The minimum Gasteiger partial charge on any atom is -0.491 e. The summed E-state index contributed by atoms with van der Waals surface area (Å²) in [5.74, 6) is 0.709. The molecule has 0 saturated heterocycles. The maximum Gasteiger partial charge on any atom is 0.329 e. The van der Waals surface area contributed by atoms with E-state index >= 15 is 0 Å². The lowest BCUT2D eigenvalue weighted by Crippen LogP contribution is -2.31. The predicted molar refractivity (Wildman–Crippen MR) is 126 cm³/mol. The topological polar surface area (TPSA) is 161 Å². The van der Waals surface area contributed by atoms with Crippen molar-refractivity contribution in [1.29, 1.82) is 0 Å². The molecule has 0 spiro atoms. The molecule has 0 aliphatic rings. The number of aryl methyl sites for hydroxylation is 1. The van der Waals surface area contributed by atoms with Crippen molar-refractivity contribution in [1.82, 2.24) is 24.0 Å². The van der Waals surface area contributed by atoms with Gasteiger partial charge in [-0.05, 0) is 25.2 Å². The normalized spacial score (nSPS) is 12.3. The van der Waals surface area contributed by atoms with E-state index in [0.29, 0.717) is 18.2 Å². The van der Waals surface area contributed by atoms with Gasteiger partial charge in [0.2, 0.25) is 5.95 Å². The van der Waals surface area contributed by atoms with Crippen LogP contribution in [0.4, 0.5) is 11.6 Å². The Kier molecular flexibility index (Phi) is 8.02. The fourth-order valence-corrected chi connectivity index (χ4v) is 3.53. The zero-order valence-corrected chi connectivity index (χ0v) is 19.4. The Balaban J connectivity index is 1.80. The van der Waals surface area contributed by atoms with E-state index in [1.165, 1.54) is 40.4 Å². The first kappa shape index (κ1) is 24.9. The highest BCUT2D eigenvalue weighted by Crippen LogP contribution is 2.19. The Morgan fingerprint density at radius 1 is 1.26 bits per heavy atom. The molecule has 0 unspecified atom stereocenters. The first-order valence-corrected chi connectivity index (χ1v) is 11.0. The molecule has 0 aliphatic carbocycles. The summed E-state index contributed by atoms with van der Waals surface area (Å²) in [5.41, 5.74) is -0.905. The third kappa shape index (κ3) is 5.61. The number of imidazole rings is 1. The van der Waals surface area contributed by atoms with Crippen LogP contribution in [0.2, 0.25) is 0 Å². The fraction of sp³-hybridized carbons (Fsp3) is 0.476. The summed E-state index contributed by atoms with van der Waals surface area (Å²) in [6, 6.07) is 5.50. The molecule has 13 heteroatoms. The molecule has 34 heavy (non-hydrogen) atoms. The fourth-order valence-electron chi connectivity index (χ4n) is 3.53. The molecule has 1 aromatic carbocycles. The number of aliphatic hydroxyl groups excluding tert-OH is 1. The van der Waals surface area contributed by atoms with Gasteiger partial charge in [0.1, 0.15) is 18.5 Å². The molecule has 1 atom stereocenters. The van der Waals surface area contributed by atoms with Gasteiger partial charge in [-0.2, -0.15) is 4.98 Å². The van der Waals surface area contributed by atoms with E-state index in [4.69, 9.17) is 4.74 Å². The molecule has 3 rings (SSSR count). The van der Waals surface area contributed by atoms with Crippen molar-refractivity contribution in [2.75, 3.05) is 38.1 Å². The van der Waals surface area contributed by atoms with Gasteiger partial charge in [0, 0.05) is 32.3 Å². The zero-order chi connectivity index (χ0) is 24.8. The van der Waals surface area contributed by atoms with Crippen molar-refractivity contribution in [3.8, 4) is 5.75 Å². The molecular weight excluding hydrogens is 446 g/mol. The molecular formula is C21H29N7O6. The predicted octanol–water partition coefficient (Wildman–Crippen LogP) is 0.525. The summed E-state index contributed by atoms with van der Waals surface area (Å²) >= 11 is 0. The van der Waals surface area contributed by atoms with Crippen LogP contribution in [0, 0.1) is 10.1 Å². The van der Waals surface area contributed by atoms with Crippen molar-refractivity contribution in [2.24, 2.45) is 7.05 Å². The van der Waals surface area contributed by atoms with Crippen LogP contribution in [-0.2, 0) is 13.6 Å². The van der Waals surface area contributed by atoms with E-state index in [-0.39, 0.29) is 30.0 Å². The van der Waals surface area contributed by atoms with Crippen LogP contribution in [0.1, 0.15) is 13.8 Å². The Bertz CT molecular complexity index is 1240. The summed E-state index contributed by atoms with van der Waals surface area (Å²) in [6.07, 6.45) is -1.03. The first-order valence-electron chi connectivity index (χ1n) is 11.0. The average molecular weight is 476 g/mol. The SMILES string of the molecule is CCN(CC)CCNc1nc2c(c(=O)[nH]c(=O)n2C)n1C[C@H](O)COc1ccc([N+](=O)[O-])cc1. The van der Waals surface area contributed by atoms with Crippen LogP contribution in [0.5, 0.6) is 5.75 Å². The zero-order valence-electron chi connectivity index (χ0n) is 19.4. The number of nitrogens with one attached hydrogen (secondary N) is 2. The monoisotopic (exact) mass is 475 g/mol. The van der Waals surface area contributed by atoms with Crippen LogP contribution < -0.4 is 21.3 Å². The standard InChI is InChI=1S/C21H29N7O6/c1-4-26(5-2)11-10-22-20-23-18-17(19(30)24-21(31)25(18)3)27(20)12-15(29)13-34-16-8-6-14(7-9-16)28(32)33/h6-9,15,29H,4-5,10-13H2,1-3H3,(H,22,23)(H,24,30,31)/t15-/m0/s1. The number of hydrogen-bond acceptors (Lipinski definition) is 9. The molecule has 2 heterocycles. The number of rotatable bonds is 12. The van der Waals surface area contributed by atoms with Gasteiger partial charge in [0.05, 0.1) is 11.5 Å². The number of benzene rings is 1. The number of non-ortho nitro benzene ring substituents is 1. The number of hydrogen-bond donors (Lipinski definition) is 3. The Labute approximate surface area is 194 Å². The molecule has 0 fully saturated rings. The Hall–Kier alpha value is -3.71. The summed E-state index contributed by atoms with van der Waals surface area (Å²) in [7, 11) is 1.51. The molecule has 13 nitrogen and oxygen atoms in total. The van der Waals surface area contributed by atoms with Crippen LogP contribution >= 0.6 is 0 Å². The van der Waals surface area contributed by atoms with E-state index in [9.17, 15) is 24.8 Å². The van der Waals surface area contributed by atoms with Gasteiger partial charge in [-0.25, -0.2) is 4.79 Å². The smallest absolute Gasteiger partial charge is 0.329 e. The lowest BCUT2D eigenvalue weighted by molar-refractivity contribution is -0.384. The number of aromatic amines is 1. The number of aromatic nitrogens is 4. The second-order valence-corrected chi connectivity index (χ2v) is 7.71. The number of nitro groups is 1.